The maximum atomic E-state index is 12.0. The van der Waals surface area contributed by atoms with Crippen molar-refractivity contribution in [1.29, 1.82) is 0 Å². The Balaban J connectivity index is 2.84. The Kier molecular flexibility index (Phi) is 1.81. The quantitative estimate of drug-likeness (QED) is 0.560. The number of aromatic nitrogens is 1. The fourth-order valence-corrected chi connectivity index (χ4v) is 1.07. The van der Waals surface area contributed by atoms with E-state index >= 15 is 0 Å². The van der Waals surface area contributed by atoms with Crippen LogP contribution in [0.25, 0.3) is 0 Å². The van der Waals surface area contributed by atoms with E-state index in [0.717, 1.165) is 11.3 Å². The summed E-state index contributed by atoms with van der Waals surface area (Å²) < 4.78 is 12.0. The third-order valence-corrected chi connectivity index (χ3v) is 1.84. The van der Waals surface area contributed by atoms with Crippen LogP contribution < -0.4 is 0 Å². The van der Waals surface area contributed by atoms with Gasteiger partial charge in [0.05, 0.1) is 12.1 Å². The molecule has 0 amide bonds. The standard InChI is InChI=1S/C4H3ClFNS/c5-1-4-7-2-3(6)8-4/h2H,1H2. The van der Waals surface area contributed by atoms with Gasteiger partial charge in [-0.1, -0.05) is 11.3 Å². The van der Waals surface area contributed by atoms with Gasteiger partial charge in [-0.05, 0) is 0 Å². The predicted octanol–water partition coefficient (Wildman–Crippen LogP) is 2.02. The Bertz CT molecular complexity index is 176. The van der Waals surface area contributed by atoms with Crippen LogP contribution in [0.15, 0.2) is 6.20 Å². The first-order chi connectivity index (χ1) is 3.83. The summed E-state index contributed by atoms with van der Waals surface area (Å²) in [5.41, 5.74) is 0. The van der Waals surface area contributed by atoms with Gasteiger partial charge in [0, 0.05) is 0 Å². The number of hydrogen-bond acceptors (Lipinski definition) is 2. The summed E-state index contributed by atoms with van der Waals surface area (Å²) >= 11 is 6.30. The first-order valence-corrected chi connectivity index (χ1v) is 3.34. The highest BCUT2D eigenvalue weighted by molar-refractivity contribution is 7.10. The lowest BCUT2D eigenvalue weighted by atomic mass is 10.8. The minimum absolute atomic E-state index is 0.277. The molecule has 0 unspecified atom stereocenters. The van der Waals surface area contributed by atoms with Crippen LogP contribution in [-0.4, -0.2) is 4.98 Å². The van der Waals surface area contributed by atoms with Gasteiger partial charge >= 0.3 is 0 Å². The number of alkyl halides is 1. The summed E-state index contributed by atoms with van der Waals surface area (Å²) in [7, 11) is 0. The maximum absolute atomic E-state index is 12.0. The van der Waals surface area contributed by atoms with Crippen LogP contribution in [0.5, 0.6) is 0 Å². The van der Waals surface area contributed by atoms with Gasteiger partial charge < -0.3 is 0 Å². The van der Waals surface area contributed by atoms with Crippen LogP contribution in [0.4, 0.5) is 4.39 Å². The summed E-state index contributed by atoms with van der Waals surface area (Å²) in [5.74, 6) is 0.300. The number of halogens is 2. The summed E-state index contributed by atoms with van der Waals surface area (Å²) in [6.07, 6.45) is 1.17. The van der Waals surface area contributed by atoms with Crippen LogP contribution >= 0.6 is 22.9 Å². The molecule has 0 saturated heterocycles. The van der Waals surface area contributed by atoms with E-state index in [-0.39, 0.29) is 5.13 Å². The van der Waals surface area contributed by atoms with Gasteiger partial charge in [0.2, 0.25) is 0 Å². The van der Waals surface area contributed by atoms with Gasteiger partial charge in [0.1, 0.15) is 5.01 Å². The van der Waals surface area contributed by atoms with Gasteiger partial charge in [0.15, 0.2) is 5.13 Å². The Morgan fingerprint density at radius 1 is 1.88 bits per heavy atom. The van der Waals surface area contributed by atoms with Crippen LogP contribution in [0.3, 0.4) is 0 Å². The lowest BCUT2D eigenvalue weighted by Gasteiger charge is -1.75. The van der Waals surface area contributed by atoms with Crippen molar-refractivity contribution in [3.05, 3.63) is 16.3 Å². The summed E-state index contributed by atoms with van der Waals surface area (Å²) in [4.78, 5) is 3.65. The van der Waals surface area contributed by atoms with Crippen LogP contribution in [0.2, 0.25) is 0 Å². The normalized spacial score (nSPS) is 9.75. The largest absolute Gasteiger partial charge is 0.245 e. The lowest BCUT2D eigenvalue weighted by Crippen LogP contribution is -1.67. The lowest BCUT2D eigenvalue weighted by molar-refractivity contribution is 0.653. The molecule has 0 radical (unpaired) electrons. The SMILES string of the molecule is Fc1cnc(CCl)s1. The number of rotatable bonds is 1. The van der Waals surface area contributed by atoms with Gasteiger partial charge in [-0.3, -0.25) is 0 Å². The van der Waals surface area contributed by atoms with Crippen molar-refractivity contribution in [2.75, 3.05) is 0 Å². The Hall–Kier alpha value is -0.150. The van der Waals surface area contributed by atoms with Crippen molar-refractivity contribution < 1.29 is 4.39 Å². The van der Waals surface area contributed by atoms with Crippen molar-refractivity contribution in [1.82, 2.24) is 4.98 Å². The molecule has 0 aliphatic carbocycles. The van der Waals surface area contributed by atoms with Gasteiger partial charge in [-0.2, -0.15) is 4.39 Å². The molecular formula is C4H3ClFNS. The van der Waals surface area contributed by atoms with E-state index in [1.165, 1.54) is 6.20 Å². The second-order valence-electron chi connectivity index (χ2n) is 1.19. The number of hydrogen-bond donors (Lipinski definition) is 0. The molecule has 0 bridgehead atoms. The summed E-state index contributed by atoms with van der Waals surface area (Å²) in [6, 6.07) is 0. The first kappa shape index (κ1) is 5.98. The number of nitrogens with zero attached hydrogens (tertiary/aromatic N) is 1. The smallest absolute Gasteiger partial charge is 0.196 e. The Morgan fingerprint density at radius 3 is 2.88 bits per heavy atom. The Morgan fingerprint density at radius 2 is 2.62 bits per heavy atom. The fraction of sp³-hybridized carbons (Fsp3) is 0.250. The second kappa shape index (κ2) is 2.42. The Labute approximate surface area is 55.1 Å². The highest BCUT2D eigenvalue weighted by Crippen LogP contribution is 2.11. The molecule has 4 heteroatoms. The zero-order valence-electron chi connectivity index (χ0n) is 3.90. The average Bonchev–Trinajstić information content (AvgIpc) is 2.14. The third kappa shape index (κ3) is 1.17. The van der Waals surface area contributed by atoms with E-state index in [4.69, 9.17) is 11.6 Å². The molecule has 1 nitrogen and oxygen atoms in total. The maximum Gasteiger partial charge on any atom is 0.196 e. The van der Waals surface area contributed by atoms with Gasteiger partial charge in [0.25, 0.3) is 0 Å². The van der Waals surface area contributed by atoms with Crippen LogP contribution in [-0.2, 0) is 5.88 Å². The molecule has 8 heavy (non-hydrogen) atoms. The second-order valence-corrected chi connectivity index (χ2v) is 2.52. The molecule has 1 aromatic heterocycles. The van der Waals surface area contributed by atoms with Crippen LogP contribution in [0.1, 0.15) is 5.01 Å². The van der Waals surface area contributed by atoms with Crippen molar-refractivity contribution in [3.8, 4) is 0 Å². The predicted molar refractivity (Wildman–Crippen MR) is 31.6 cm³/mol. The van der Waals surface area contributed by atoms with Crippen molar-refractivity contribution in [3.63, 3.8) is 0 Å². The zero-order chi connectivity index (χ0) is 5.98. The van der Waals surface area contributed by atoms with E-state index < -0.39 is 0 Å². The molecule has 0 saturated carbocycles. The molecule has 44 valence electrons. The van der Waals surface area contributed by atoms with Crippen molar-refractivity contribution >= 4 is 22.9 Å². The number of thiazole rings is 1. The summed E-state index contributed by atoms with van der Waals surface area (Å²) in [5, 5.41) is 0.352. The highest BCUT2D eigenvalue weighted by Gasteiger charge is 1.96. The minimum atomic E-state index is -0.277. The topological polar surface area (TPSA) is 12.9 Å². The molecule has 0 aliphatic heterocycles. The van der Waals surface area contributed by atoms with Crippen molar-refractivity contribution in [2.24, 2.45) is 0 Å². The molecule has 1 rings (SSSR count). The molecule has 1 aromatic rings. The monoisotopic (exact) mass is 151 g/mol. The molecule has 0 aromatic carbocycles. The minimum Gasteiger partial charge on any atom is -0.245 e. The van der Waals surface area contributed by atoms with Crippen molar-refractivity contribution in [2.45, 2.75) is 5.88 Å². The highest BCUT2D eigenvalue weighted by atomic mass is 35.5. The van der Waals surface area contributed by atoms with E-state index in [9.17, 15) is 4.39 Å². The fourth-order valence-electron chi connectivity index (χ4n) is 0.350. The molecule has 0 N–H and O–H groups in total. The molecule has 0 atom stereocenters. The summed E-state index contributed by atoms with van der Waals surface area (Å²) in [6.45, 7) is 0. The van der Waals surface area contributed by atoms with E-state index in [1.54, 1.807) is 0 Å². The third-order valence-electron chi connectivity index (χ3n) is 0.640. The first-order valence-electron chi connectivity index (χ1n) is 1.99. The molecule has 0 aliphatic rings. The zero-order valence-corrected chi connectivity index (χ0v) is 5.47. The van der Waals surface area contributed by atoms with E-state index in [0.29, 0.717) is 10.9 Å². The molecule has 0 spiro atoms. The van der Waals surface area contributed by atoms with E-state index in [1.807, 2.05) is 0 Å². The molecule has 0 fully saturated rings. The average molecular weight is 152 g/mol. The molecular weight excluding hydrogens is 149 g/mol. The van der Waals surface area contributed by atoms with Gasteiger partial charge in [-0.15, -0.1) is 11.6 Å². The molecule has 1 heterocycles. The van der Waals surface area contributed by atoms with Gasteiger partial charge in [-0.25, -0.2) is 4.98 Å². The van der Waals surface area contributed by atoms with E-state index in [2.05, 4.69) is 4.98 Å². The van der Waals surface area contributed by atoms with Crippen LogP contribution in [0, 0.1) is 5.13 Å².